The second kappa shape index (κ2) is 7.54. The van der Waals surface area contributed by atoms with Gasteiger partial charge < -0.3 is 10.5 Å². The van der Waals surface area contributed by atoms with Gasteiger partial charge in [0.25, 0.3) is 0 Å². The molecule has 0 aromatic carbocycles. The topological polar surface area (TPSA) is 52.3 Å². The standard InChI is InChI=1S/C8H17NO2/c1-2-3-5-8(10)11-7-4-6-9/h2-7,9H2,1H3. The van der Waals surface area contributed by atoms with Crippen molar-refractivity contribution in [2.75, 3.05) is 13.2 Å². The number of hydrogen-bond acceptors (Lipinski definition) is 3. The third-order valence-corrected chi connectivity index (χ3v) is 1.35. The first-order valence-corrected chi connectivity index (χ1v) is 4.17. The van der Waals surface area contributed by atoms with Crippen molar-refractivity contribution in [1.82, 2.24) is 0 Å². The predicted molar refractivity (Wildman–Crippen MR) is 44.2 cm³/mol. The minimum absolute atomic E-state index is 0.0969. The van der Waals surface area contributed by atoms with Gasteiger partial charge in [-0.25, -0.2) is 0 Å². The number of hydrogen-bond donors (Lipinski definition) is 1. The van der Waals surface area contributed by atoms with Crippen molar-refractivity contribution in [1.29, 1.82) is 0 Å². The maximum Gasteiger partial charge on any atom is 0.305 e. The van der Waals surface area contributed by atoms with Crippen molar-refractivity contribution in [2.45, 2.75) is 32.6 Å². The maximum absolute atomic E-state index is 10.8. The lowest BCUT2D eigenvalue weighted by atomic mass is 10.2. The van der Waals surface area contributed by atoms with E-state index in [1.165, 1.54) is 0 Å². The van der Waals surface area contributed by atoms with E-state index in [0.717, 1.165) is 19.3 Å². The largest absolute Gasteiger partial charge is 0.466 e. The van der Waals surface area contributed by atoms with Crippen LogP contribution in [0.4, 0.5) is 0 Å². The van der Waals surface area contributed by atoms with Crippen molar-refractivity contribution in [3.8, 4) is 0 Å². The van der Waals surface area contributed by atoms with E-state index in [2.05, 4.69) is 0 Å². The van der Waals surface area contributed by atoms with Crippen LogP contribution in [0, 0.1) is 0 Å². The molecule has 0 saturated heterocycles. The average Bonchev–Trinajstić information content (AvgIpc) is 2.01. The Kier molecular flexibility index (Phi) is 7.15. The number of nitrogens with two attached hydrogens (primary N) is 1. The third-order valence-electron chi connectivity index (χ3n) is 1.35. The Morgan fingerprint density at radius 3 is 2.73 bits per heavy atom. The lowest BCUT2D eigenvalue weighted by Crippen LogP contribution is -2.09. The number of carbonyl (C=O) groups excluding carboxylic acids is 1. The summed E-state index contributed by atoms with van der Waals surface area (Å²) in [5, 5.41) is 0. The summed E-state index contributed by atoms with van der Waals surface area (Å²) < 4.78 is 4.87. The van der Waals surface area contributed by atoms with Gasteiger partial charge in [-0.1, -0.05) is 13.3 Å². The summed E-state index contributed by atoms with van der Waals surface area (Å²) in [4.78, 5) is 10.8. The normalized spacial score (nSPS) is 9.64. The van der Waals surface area contributed by atoms with E-state index in [9.17, 15) is 4.79 Å². The smallest absolute Gasteiger partial charge is 0.305 e. The maximum atomic E-state index is 10.8. The number of ether oxygens (including phenoxy) is 1. The molecule has 2 N–H and O–H groups in total. The van der Waals surface area contributed by atoms with Gasteiger partial charge in [-0.05, 0) is 19.4 Å². The van der Waals surface area contributed by atoms with Crippen LogP contribution >= 0.6 is 0 Å². The van der Waals surface area contributed by atoms with Crippen molar-refractivity contribution >= 4 is 5.97 Å². The molecular weight excluding hydrogens is 142 g/mol. The molecule has 0 aliphatic carbocycles. The summed E-state index contributed by atoms with van der Waals surface area (Å²) in [6, 6.07) is 0. The third kappa shape index (κ3) is 7.33. The highest BCUT2D eigenvalue weighted by atomic mass is 16.5. The van der Waals surface area contributed by atoms with Gasteiger partial charge in [0.1, 0.15) is 0 Å². The van der Waals surface area contributed by atoms with Crippen molar-refractivity contribution in [3.63, 3.8) is 0 Å². The van der Waals surface area contributed by atoms with Gasteiger partial charge in [0.15, 0.2) is 0 Å². The Hall–Kier alpha value is -0.570. The van der Waals surface area contributed by atoms with Crippen LogP contribution in [0.25, 0.3) is 0 Å². The molecule has 0 aliphatic heterocycles. The monoisotopic (exact) mass is 159 g/mol. The molecule has 0 spiro atoms. The molecule has 0 saturated carbocycles. The van der Waals surface area contributed by atoms with Gasteiger partial charge in [0, 0.05) is 6.42 Å². The predicted octanol–water partition coefficient (Wildman–Crippen LogP) is 1.07. The van der Waals surface area contributed by atoms with Gasteiger partial charge in [-0.15, -0.1) is 0 Å². The second-order valence-corrected chi connectivity index (χ2v) is 2.47. The summed E-state index contributed by atoms with van der Waals surface area (Å²) in [5.74, 6) is -0.0969. The molecular formula is C8H17NO2. The zero-order chi connectivity index (χ0) is 8.53. The molecule has 0 bridgehead atoms. The number of esters is 1. The van der Waals surface area contributed by atoms with Crippen LogP contribution in [-0.4, -0.2) is 19.1 Å². The molecule has 0 heterocycles. The van der Waals surface area contributed by atoms with Crippen LogP contribution in [0.5, 0.6) is 0 Å². The second-order valence-electron chi connectivity index (χ2n) is 2.47. The van der Waals surface area contributed by atoms with E-state index < -0.39 is 0 Å². The van der Waals surface area contributed by atoms with Crippen LogP contribution in [-0.2, 0) is 9.53 Å². The van der Waals surface area contributed by atoms with Crippen molar-refractivity contribution in [3.05, 3.63) is 0 Å². The molecule has 0 atom stereocenters. The highest BCUT2D eigenvalue weighted by Gasteiger charge is 1.99. The highest BCUT2D eigenvalue weighted by molar-refractivity contribution is 5.69. The first kappa shape index (κ1) is 10.4. The molecule has 66 valence electrons. The molecule has 0 rings (SSSR count). The summed E-state index contributed by atoms with van der Waals surface area (Å²) >= 11 is 0. The number of carbonyl (C=O) groups is 1. The fourth-order valence-electron chi connectivity index (χ4n) is 0.663. The van der Waals surface area contributed by atoms with Crippen molar-refractivity contribution in [2.24, 2.45) is 5.73 Å². The summed E-state index contributed by atoms with van der Waals surface area (Å²) in [5.41, 5.74) is 5.22. The number of unbranched alkanes of at least 4 members (excludes halogenated alkanes) is 1. The van der Waals surface area contributed by atoms with E-state index in [-0.39, 0.29) is 5.97 Å². The minimum Gasteiger partial charge on any atom is -0.466 e. The van der Waals surface area contributed by atoms with Gasteiger partial charge in [0.2, 0.25) is 0 Å². The molecule has 3 nitrogen and oxygen atoms in total. The Bertz CT molecular complexity index is 104. The first-order valence-electron chi connectivity index (χ1n) is 4.17. The van der Waals surface area contributed by atoms with Crippen LogP contribution in [0.2, 0.25) is 0 Å². The Balaban J connectivity index is 3.09. The SMILES string of the molecule is CCCCC(=O)OCCCN. The Morgan fingerprint density at radius 1 is 1.45 bits per heavy atom. The van der Waals surface area contributed by atoms with Crippen molar-refractivity contribution < 1.29 is 9.53 Å². The molecule has 0 fully saturated rings. The first-order chi connectivity index (χ1) is 5.31. The summed E-state index contributed by atoms with van der Waals surface area (Å²) in [7, 11) is 0. The lowest BCUT2D eigenvalue weighted by Gasteiger charge is -2.01. The van der Waals surface area contributed by atoms with E-state index in [0.29, 0.717) is 19.6 Å². The van der Waals surface area contributed by atoms with Gasteiger partial charge >= 0.3 is 5.97 Å². The van der Waals surface area contributed by atoms with Crippen LogP contribution < -0.4 is 5.73 Å². The molecule has 11 heavy (non-hydrogen) atoms. The average molecular weight is 159 g/mol. The van der Waals surface area contributed by atoms with Gasteiger partial charge in [-0.3, -0.25) is 4.79 Å². The Labute approximate surface area is 67.9 Å². The van der Waals surface area contributed by atoms with Gasteiger partial charge in [-0.2, -0.15) is 0 Å². The molecule has 0 aromatic heterocycles. The quantitative estimate of drug-likeness (QED) is 0.466. The fourth-order valence-corrected chi connectivity index (χ4v) is 0.663. The van der Waals surface area contributed by atoms with E-state index in [1.807, 2.05) is 6.92 Å². The van der Waals surface area contributed by atoms with Crippen LogP contribution in [0.3, 0.4) is 0 Å². The summed E-state index contributed by atoms with van der Waals surface area (Å²) in [6.45, 7) is 3.10. The fraction of sp³-hybridized carbons (Fsp3) is 0.875. The Morgan fingerprint density at radius 2 is 2.18 bits per heavy atom. The lowest BCUT2D eigenvalue weighted by molar-refractivity contribution is -0.143. The van der Waals surface area contributed by atoms with E-state index >= 15 is 0 Å². The molecule has 0 aromatic rings. The summed E-state index contributed by atoms with van der Waals surface area (Å²) in [6.07, 6.45) is 3.26. The van der Waals surface area contributed by atoms with Gasteiger partial charge in [0.05, 0.1) is 6.61 Å². The zero-order valence-electron chi connectivity index (χ0n) is 7.14. The molecule has 0 aliphatic rings. The molecule has 0 unspecified atom stereocenters. The number of rotatable bonds is 6. The highest BCUT2D eigenvalue weighted by Crippen LogP contribution is 1.96. The van der Waals surface area contributed by atoms with Crippen LogP contribution in [0.1, 0.15) is 32.6 Å². The minimum atomic E-state index is -0.0969. The van der Waals surface area contributed by atoms with Crippen LogP contribution in [0.15, 0.2) is 0 Å². The molecule has 0 amide bonds. The van der Waals surface area contributed by atoms with E-state index in [4.69, 9.17) is 10.5 Å². The molecule has 0 radical (unpaired) electrons. The van der Waals surface area contributed by atoms with E-state index in [1.54, 1.807) is 0 Å². The zero-order valence-corrected chi connectivity index (χ0v) is 7.14. The molecule has 3 heteroatoms.